The molecule has 0 atom stereocenters. The summed E-state index contributed by atoms with van der Waals surface area (Å²) in [5.41, 5.74) is 30.2. The molecule has 0 amide bonds. The van der Waals surface area contributed by atoms with Gasteiger partial charge in [0.1, 0.15) is 0 Å². The number of nitrogens with zero attached hydrogens (tertiary/aromatic N) is 4. The van der Waals surface area contributed by atoms with E-state index >= 15 is 0 Å². The molecule has 2 aromatic heterocycles. The van der Waals surface area contributed by atoms with Crippen molar-refractivity contribution in [2.75, 3.05) is 9.80 Å². The highest BCUT2D eigenvalue weighted by Gasteiger charge is 2.52. The molecule has 2 aliphatic heterocycles. The van der Waals surface area contributed by atoms with E-state index in [1.807, 2.05) is 18.2 Å². The van der Waals surface area contributed by atoms with Gasteiger partial charge >= 0.3 is 0 Å². The average Bonchev–Trinajstić information content (AvgIpc) is 1.55. The fourth-order valence-corrected chi connectivity index (χ4v) is 18.6. The van der Waals surface area contributed by atoms with Crippen molar-refractivity contribution in [3.8, 4) is 78.1 Å². The summed E-state index contributed by atoms with van der Waals surface area (Å²) in [6.45, 7) is 6.35. The van der Waals surface area contributed by atoms with Crippen LogP contribution in [0.5, 0.6) is 0 Å². The molecule has 0 saturated heterocycles. The third-order valence-electron chi connectivity index (χ3n) is 23.1. The molecule has 4 aliphatic rings. The Morgan fingerprint density at radius 2 is 0.679 bits per heavy atom. The van der Waals surface area contributed by atoms with Gasteiger partial charge in [-0.2, -0.15) is 0 Å². The van der Waals surface area contributed by atoms with E-state index < -0.39 is 53.8 Å². The van der Waals surface area contributed by atoms with Crippen molar-refractivity contribution in [1.82, 2.24) is 9.13 Å². The van der Waals surface area contributed by atoms with Crippen molar-refractivity contribution < 1.29 is 11.0 Å². The average molecular weight is 1360 g/mol. The predicted octanol–water partition coefficient (Wildman–Crippen LogP) is 24.3. The van der Waals surface area contributed by atoms with Crippen LogP contribution in [0.3, 0.4) is 0 Å². The number of hydrogen-bond acceptors (Lipinski definition) is 2. The summed E-state index contributed by atoms with van der Waals surface area (Å²) in [5, 5.41) is 2.31. The van der Waals surface area contributed by atoms with Crippen LogP contribution in [0.2, 0.25) is 0 Å². The van der Waals surface area contributed by atoms with Crippen LogP contribution >= 0.6 is 0 Å². The van der Waals surface area contributed by atoms with Crippen LogP contribution in [0.15, 0.2) is 364 Å². The van der Waals surface area contributed by atoms with Gasteiger partial charge in [0.15, 0.2) is 0 Å². The van der Waals surface area contributed by atoms with Gasteiger partial charge in [-0.3, -0.25) is 0 Å². The molecule has 4 heterocycles. The van der Waals surface area contributed by atoms with Gasteiger partial charge in [0.05, 0.1) is 49.8 Å². The van der Waals surface area contributed by atoms with Crippen LogP contribution in [0.1, 0.15) is 59.6 Å². The number of rotatable bonds is 8. The van der Waals surface area contributed by atoms with E-state index in [-0.39, 0.29) is 33.9 Å². The van der Waals surface area contributed by atoms with Crippen LogP contribution in [0.25, 0.3) is 122 Å². The fraction of sp³-hybridized carbons (Fsp3) is 0.0495. The molecule has 0 radical (unpaired) electrons. The number of aromatic nitrogens is 2. The highest BCUT2D eigenvalue weighted by atomic mass is 15.2. The zero-order chi connectivity index (χ0) is 77.1. The molecule has 106 heavy (non-hydrogen) atoms. The monoisotopic (exact) mass is 1360 g/mol. The third-order valence-corrected chi connectivity index (χ3v) is 23.1. The molecule has 22 rings (SSSR count). The molecule has 16 aromatic carbocycles. The second kappa shape index (κ2) is 22.9. The first-order chi connectivity index (χ1) is 55.6. The number of benzene rings is 16. The van der Waals surface area contributed by atoms with E-state index in [1.165, 1.54) is 44.5 Å². The summed E-state index contributed by atoms with van der Waals surface area (Å²) in [6.07, 6.45) is 0. The van der Waals surface area contributed by atoms with Crippen molar-refractivity contribution in [2.45, 2.75) is 31.6 Å². The summed E-state index contributed by atoms with van der Waals surface area (Å²) >= 11 is 0. The zero-order valence-electron chi connectivity index (χ0n) is 66.4. The lowest BCUT2D eigenvalue weighted by atomic mass is 9.33. The molecule has 2 aliphatic carbocycles. The minimum absolute atomic E-state index is 0.0115. The van der Waals surface area contributed by atoms with E-state index in [4.69, 9.17) is 2.74 Å². The zero-order valence-corrected chi connectivity index (χ0v) is 58.4. The Labute approximate surface area is 628 Å². The fourth-order valence-electron chi connectivity index (χ4n) is 18.6. The number of para-hydroxylation sites is 5. The summed E-state index contributed by atoms with van der Waals surface area (Å²) in [5.74, 6) is 0. The quantitative estimate of drug-likeness (QED) is 0.141. The van der Waals surface area contributed by atoms with Gasteiger partial charge in [0.25, 0.3) is 6.71 Å². The van der Waals surface area contributed by atoms with E-state index in [2.05, 4.69) is 332 Å². The van der Waals surface area contributed by atoms with Crippen LogP contribution < -0.4 is 26.2 Å². The molecule has 0 unspecified atom stereocenters. The minimum Gasteiger partial charge on any atom is -0.310 e. The highest BCUT2D eigenvalue weighted by Crippen LogP contribution is 2.64. The Morgan fingerprint density at radius 3 is 1.13 bits per heavy atom. The first kappa shape index (κ1) is 52.7. The van der Waals surface area contributed by atoms with Gasteiger partial charge in [0.2, 0.25) is 0 Å². The largest absolute Gasteiger partial charge is 0.310 e. The standard InChI is InChI=1S/C101H69BN4/c1-100(2,3)68-58-95-97-96(59-68)106(99-73(66-34-12-6-13-35-66)46-29-47-74(99)67-36-14-7-15-37-67)94-61-70(104-91-53-27-21-43-80(91)82-62-81-77-40-18-24-50-85(77)101(86(81)63-92(82)104)83-48-22-16-38-75(83)76-39-17-23-49-84(76)101)55-57-88(94)102(97)87-56-54-69(103-89-51-25-19-41-78(89)79-42-20-26-52-90(79)103)60-93(87)105(95)98-71(64-30-8-4-9-31-64)44-28-45-72(98)65-32-10-5-11-33-65/h4-63H,1-3H3/i19D,20D,25D,26D,41D,42D,51D,52D. The maximum absolute atomic E-state index is 9.85. The number of anilines is 6. The second-order valence-corrected chi connectivity index (χ2v) is 29.6. The lowest BCUT2D eigenvalue weighted by molar-refractivity contribution is 0.590. The molecule has 4 nitrogen and oxygen atoms in total. The van der Waals surface area contributed by atoms with Crippen molar-refractivity contribution >= 4 is 101 Å². The van der Waals surface area contributed by atoms with Crippen molar-refractivity contribution in [3.63, 3.8) is 0 Å². The minimum atomic E-state index is -0.607. The maximum atomic E-state index is 9.85. The SMILES string of the molecule is [2H]c1c([2H])c([2H])c2c(c1[2H])c1c([2H])c([2H])c([2H])c([2H])c1n2-c1ccc2c(c1)N(c1c(-c3ccccc3)cccc1-c1ccccc1)c1cc(C(C)(C)C)cc3c1B2c1ccc(-n2c4ccccc4c4cc5c(cc42)C2(c4ccccc4-c4ccccc42)c2ccccc2-5)cc1N3c1c(-c2ccccc2)cccc1-c1ccccc1. The van der Waals surface area contributed by atoms with Gasteiger partial charge < -0.3 is 18.9 Å². The molecule has 496 valence electrons. The molecule has 18 aromatic rings. The summed E-state index contributed by atoms with van der Waals surface area (Å²) < 4.78 is 79.8. The smallest absolute Gasteiger partial charge is 0.252 e. The topological polar surface area (TPSA) is 16.3 Å². The Balaban J connectivity index is 0.896. The lowest BCUT2D eigenvalue weighted by Gasteiger charge is -2.46. The van der Waals surface area contributed by atoms with E-state index in [0.717, 1.165) is 128 Å². The Hall–Kier alpha value is -13.2. The molecular formula is C101H69BN4. The van der Waals surface area contributed by atoms with Gasteiger partial charge in [-0.1, -0.05) is 318 Å². The van der Waals surface area contributed by atoms with Gasteiger partial charge in [-0.05, 0) is 161 Å². The molecule has 1 spiro atoms. The summed E-state index contributed by atoms with van der Waals surface area (Å²) in [7, 11) is 0. The maximum Gasteiger partial charge on any atom is 0.252 e. The molecule has 5 heteroatoms. The predicted molar refractivity (Wildman–Crippen MR) is 446 cm³/mol. The van der Waals surface area contributed by atoms with Crippen LogP contribution in [-0.2, 0) is 10.8 Å². The molecule has 0 N–H and O–H groups in total. The Bertz CT molecular complexity index is 6970. The summed E-state index contributed by atoms with van der Waals surface area (Å²) in [6, 6.07) is 111. The van der Waals surface area contributed by atoms with Gasteiger partial charge in [-0.25, -0.2) is 0 Å². The molecule has 0 saturated carbocycles. The van der Waals surface area contributed by atoms with E-state index in [0.29, 0.717) is 5.69 Å². The number of fused-ring (bicyclic) bond motifs is 20. The van der Waals surface area contributed by atoms with Crippen LogP contribution in [0, 0.1) is 0 Å². The lowest BCUT2D eigenvalue weighted by Crippen LogP contribution is -2.61. The van der Waals surface area contributed by atoms with Crippen LogP contribution in [-0.4, -0.2) is 15.8 Å². The Kier molecular flexibility index (Phi) is 11.4. The number of hydrogen-bond donors (Lipinski definition) is 0. The first-order valence-electron chi connectivity index (χ1n) is 40.5. The molecular weight excluding hydrogens is 1280 g/mol. The van der Waals surface area contributed by atoms with Crippen molar-refractivity contribution in [2.24, 2.45) is 0 Å². The van der Waals surface area contributed by atoms with E-state index in [1.54, 1.807) is 4.57 Å². The molecule has 0 fully saturated rings. The second-order valence-electron chi connectivity index (χ2n) is 29.6. The van der Waals surface area contributed by atoms with Crippen molar-refractivity contribution in [1.29, 1.82) is 0 Å². The van der Waals surface area contributed by atoms with E-state index in [9.17, 15) is 8.22 Å². The van der Waals surface area contributed by atoms with Crippen molar-refractivity contribution in [3.05, 3.63) is 392 Å². The third kappa shape index (κ3) is 8.54. The highest BCUT2D eigenvalue weighted by molar-refractivity contribution is 7.00. The molecule has 0 bridgehead atoms. The van der Waals surface area contributed by atoms with Gasteiger partial charge in [-0.15, -0.1) is 0 Å². The van der Waals surface area contributed by atoms with Crippen LogP contribution in [0.4, 0.5) is 34.1 Å². The Morgan fingerprint density at radius 1 is 0.292 bits per heavy atom. The summed E-state index contributed by atoms with van der Waals surface area (Å²) in [4.78, 5) is 5.03. The van der Waals surface area contributed by atoms with Gasteiger partial charge in [0, 0.05) is 77.9 Å². The first-order valence-corrected chi connectivity index (χ1v) is 36.5. The normalized spacial score (nSPS) is 14.5.